The van der Waals surface area contributed by atoms with E-state index in [4.69, 9.17) is 16.3 Å². The van der Waals surface area contributed by atoms with Gasteiger partial charge in [0.2, 0.25) is 0 Å². The van der Waals surface area contributed by atoms with E-state index in [1.165, 1.54) is 35.1 Å². The molecular formula is C11H7ClFN2O3-. The van der Waals surface area contributed by atoms with E-state index in [1.54, 1.807) is 0 Å². The van der Waals surface area contributed by atoms with Gasteiger partial charge in [-0.2, -0.15) is 5.10 Å². The molecule has 0 unspecified atom stereocenters. The summed E-state index contributed by atoms with van der Waals surface area (Å²) in [5.74, 6) is -1.55. The second-order valence-corrected chi connectivity index (χ2v) is 3.78. The van der Waals surface area contributed by atoms with Gasteiger partial charge in [0, 0.05) is 12.3 Å². The van der Waals surface area contributed by atoms with Gasteiger partial charge in [-0.3, -0.25) is 0 Å². The molecule has 5 nitrogen and oxygen atoms in total. The van der Waals surface area contributed by atoms with Crippen LogP contribution >= 0.6 is 11.6 Å². The van der Waals surface area contributed by atoms with Crippen LogP contribution in [0.15, 0.2) is 30.5 Å². The van der Waals surface area contributed by atoms with Gasteiger partial charge in [-0.15, -0.1) is 0 Å². The van der Waals surface area contributed by atoms with Crippen LogP contribution in [0.3, 0.4) is 0 Å². The standard InChI is InChI=1S/C11H8ClFN2O3/c12-8-5-7(1-2-9(8)13)18-6-15-4-3-10(14-15)11(16)17/h1-5H,6H2,(H,16,17)/p-1. The molecule has 0 aliphatic heterocycles. The van der Waals surface area contributed by atoms with Crippen molar-refractivity contribution in [1.82, 2.24) is 9.78 Å². The zero-order valence-corrected chi connectivity index (χ0v) is 9.72. The average molecular weight is 270 g/mol. The molecule has 0 bridgehead atoms. The number of aromatic carboxylic acids is 1. The number of carboxylic acid groups (broad SMARTS) is 1. The lowest BCUT2D eigenvalue weighted by Gasteiger charge is -2.06. The molecule has 0 aliphatic rings. The number of benzene rings is 1. The minimum absolute atomic E-state index is 0.0186. The summed E-state index contributed by atoms with van der Waals surface area (Å²) in [5, 5.41) is 14.1. The van der Waals surface area contributed by atoms with Crippen molar-refractivity contribution in [3.63, 3.8) is 0 Å². The number of carbonyl (C=O) groups is 1. The van der Waals surface area contributed by atoms with Crippen molar-refractivity contribution in [2.45, 2.75) is 6.73 Å². The third-order valence-corrected chi connectivity index (χ3v) is 2.39. The van der Waals surface area contributed by atoms with Crippen molar-refractivity contribution in [2.24, 2.45) is 0 Å². The average Bonchev–Trinajstić information content (AvgIpc) is 2.79. The van der Waals surface area contributed by atoms with Gasteiger partial charge in [0.15, 0.2) is 6.73 Å². The Labute approximate surface area is 106 Å². The number of aromatic nitrogens is 2. The fourth-order valence-electron chi connectivity index (χ4n) is 1.25. The van der Waals surface area contributed by atoms with E-state index in [9.17, 15) is 14.3 Å². The van der Waals surface area contributed by atoms with Gasteiger partial charge in [0.25, 0.3) is 0 Å². The van der Waals surface area contributed by atoms with E-state index in [1.807, 2.05) is 0 Å². The first kappa shape index (κ1) is 12.4. The van der Waals surface area contributed by atoms with Crippen molar-refractivity contribution in [3.05, 3.63) is 47.0 Å². The Morgan fingerprint density at radius 2 is 2.28 bits per heavy atom. The number of hydrogen-bond acceptors (Lipinski definition) is 4. The minimum atomic E-state index is -1.36. The maximum Gasteiger partial charge on any atom is 0.180 e. The molecule has 0 atom stereocenters. The summed E-state index contributed by atoms with van der Waals surface area (Å²) >= 11 is 5.58. The molecule has 18 heavy (non-hydrogen) atoms. The number of carboxylic acids is 1. The Hall–Kier alpha value is -2.08. The summed E-state index contributed by atoms with van der Waals surface area (Å²) in [6.45, 7) is -0.0186. The maximum atomic E-state index is 12.9. The third-order valence-electron chi connectivity index (χ3n) is 2.10. The minimum Gasteiger partial charge on any atom is -0.543 e. The van der Waals surface area contributed by atoms with Crippen LogP contribution < -0.4 is 9.84 Å². The highest BCUT2D eigenvalue weighted by molar-refractivity contribution is 6.30. The molecule has 0 saturated carbocycles. The van der Waals surface area contributed by atoms with Gasteiger partial charge in [-0.25, -0.2) is 9.07 Å². The lowest BCUT2D eigenvalue weighted by atomic mass is 10.3. The monoisotopic (exact) mass is 269 g/mol. The molecule has 94 valence electrons. The Balaban J connectivity index is 2.02. The molecular weight excluding hydrogens is 263 g/mol. The summed E-state index contributed by atoms with van der Waals surface area (Å²) in [6, 6.07) is 5.19. The van der Waals surface area contributed by atoms with Crippen LogP contribution in [0.5, 0.6) is 5.75 Å². The van der Waals surface area contributed by atoms with E-state index >= 15 is 0 Å². The molecule has 0 radical (unpaired) electrons. The predicted octanol–water partition coefficient (Wildman–Crippen LogP) is 1.08. The smallest absolute Gasteiger partial charge is 0.180 e. The SMILES string of the molecule is O=C([O-])c1ccn(COc2ccc(F)c(Cl)c2)n1. The van der Waals surface area contributed by atoms with Crippen molar-refractivity contribution in [1.29, 1.82) is 0 Å². The lowest BCUT2D eigenvalue weighted by Crippen LogP contribution is -2.23. The molecule has 1 aromatic carbocycles. The highest BCUT2D eigenvalue weighted by atomic mass is 35.5. The molecule has 0 N–H and O–H groups in total. The number of nitrogens with zero attached hydrogens (tertiary/aromatic N) is 2. The summed E-state index contributed by atoms with van der Waals surface area (Å²) in [7, 11) is 0. The maximum absolute atomic E-state index is 12.9. The van der Waals surface area contributed by atoms with Gasteiger partial charge >= 0.3 is 0 Å². The predicted molar refractivity (Wildman–Crippen MR) is 58.6 cm³/mol. The number of halogens is 2. The fraction of sp³-hybridized carbons (Fsp3) is 0.0909. The van der Waals surface area contributed by atoms with Crippen LogP contribution in [-0.2, 0) is 6.73 Å². The fourth-order valence-corrected chi connectivity index (χ4v) is 1.42. The summed E-state index contributed by atoms with van der Waals surface area (Å²) in [5.41, 5.74) is -0.185. The van der Waals surface area contributed by atoms with Crippen LogP contribution in [0.25, 0.3) is 0 Å². The normalized spacial score (nSPS) is 10.3. The number of rotatable bonds is 4. The Morgan fingerprint density at radius 3 is 2.89 bits per heavy atom. The van der Waals surface area contributed by atoms with E-state index in [0.29, 0.717) is 5.75 Å². The lowest BCUT2D eigenvalue weighted by molar-refractivity contribution is -0.255. The summed E-state index contributed by atoms with van der Waals surface area (Å²) < 4.78 is 19.4. The van der Waals surface area contributed by atoms with Crippen molar-refractivity contribution >= 4 is 17.6 Å². The van der Waals surface area contributed by atoms with Gasteiger partial charge in [0.1, 0.15) is 17.3 Å². The topological polar surface area (TPSA) is 67.2 Å². The van der Waals surface area contributed by atoms with Gasteiger partial charge < -0.3 is 14.6 Å². The third kappa shape index (κ3) is 2.78. The van der Waals surface area contributed by atoms with Crippen LogP contribution in [0, 0.1) is 5.82 Å². The Morgan fingerprint density at radius 1 is 1.50 bits per heavy atom. The first-order chi connectivity index (χ1) is 8.56. The van der Waals surface area contributed by atoms with E-state index in [2.05, 4.69) is 5.10 Å². The molecule has 2 rings (SSSR count). The Bertz CT molecular complexity index is 585. The number of carbonyl (C=O) groups excluding carboxylic acids is 1. The largest absolute Gasteiger partial charge is 0.543 e. The molecule has 2 aromatic rings. The van der Waals surface area contributed by atoms with Crippen molar-refractivity contribution < 1.29 is 19.0 Å². The van der Waals surface area contributed by atoms with Gasteiger partial charge in [0.05, 0.1) is 11.0 Å². The van der Waals surface area contributed by atoms with Crippen LogP contribution in [0.2, 0.25) is 5.02 Å². The van der Waals surface area contributed by atoms with E-state index in [0.717, 1.165) is 0 Å². The van der Waals surface area contributed by atoms with E-state index < -0.39 is 11.8 Å². The summed E-state index contributed by atoms with van der Waals surface area (Å²) in [4.78, 5) is 10.5. The molecule has 0 fully saturated rings. The highest BCUT2D eigenvalue weighted by Gasteiger charge is 2.03. The zero-order chi connectivity index (χ0) is 13.1. The second-order valence-electron chi connectivity index (χ2n) is 3.38. The Kier molecular flexibility index (Phi) is 3.47. The zero-order valence-electron chi connectivity index (χ0n) is 8.97. The molecule has 1 aromatic heterocycles. The van der Waals surface area contributed by atoms with Crippen LogP contribution in [0.1, 0.15) is 10.5 Å². The van der Waals surface area contributed by atoms with Crippen LogP contribution in [0.4, 0.5) is 4.39 Å². The molecule has 0 saturated heterocycles. The number of hydrogen-bond donors (Lipinski definition) is 0. The summed E-state index contributed by atoms with van der Waals surface area (Å²) in [6.07, 6.45) is 1.43. The van der Waals surface area contributed by atoms with Crippen LogP contribution in [-0.4, -0.2) is 15.7 Å². The molecule has 7 heteroatoms. The quantitative estimate of drug-likeness (QED) is 0.833. The van der Waals surface area contributed by atoms with Crippen molar-refractivity contribution in [2.75, 3.05) is 0 Å². The van der Waals surface area contributed by atoms with Gasteiger partial charge in [-0.05, 0) is 18.2 Å². The molecule has 1 heterocycles. The van der Waals surface area contributed by atoms with E-state index in [-0.39, 0.29) is 17.4 Å². The second kappa shape index (κ2) is 5.05. The first-order valence-corrected chi connectivity index (χ1v) is 5.27. The first-order valence-electron chi connectivity index (χ1n) is 4.89. The molecule has 0 amide bonds. The molecule has 0 spiro atoms. The van der Waals surface area contributed by atoms with Crippen molar-refractivity contribution in [3.8, 4) is 5.75 Å². The molecule has 0 aliphatic carbocycles. The number of ether oxygens (including phenoxy) is 1. The van der Waals surface area contributed by atoms with Gasteiger partial charge in [-0.1, -0.05) is 11.6 Å². The highest BCUT2D eigenvalue weighted by Crippen LogP contribution is 2.21.